The van der Waals surface area contributed by atoms with Crippen LogP contribution in [-0.2, 0) is 22.1 Å². The Labute approximate surface area is 238 Å². The number of hydrogen-bond acceptors (Lipinski definition) is 4. The highest BCUT2D eigenvalue weighted by Gasteiger charge is 2.34. The van der Waals surface area contributed by atoms with E-state index in [4.69, 9.17) is 37.8 Å². The Kier molecular flexibility index (Phi) is 7.92. The number of nitrogens with zero attached hydrogens (tertiary/aromatic N) is 2. The standard InChI is InChI=1S/C29H24Cl2F3N3O3/c1-16(18-7-11-20(12-8-18)29(32,33)34)35-28(38)26-22(15-25-39-17(2)40-25)27(19-9-13-21(30)14-10-19)37(36-26)24-6-4-3-5-23(24)31/h3-14,16-17,25H,15H2,1-2H3,(H,35,38)/t16-,17?,25?/m1/s1. The van der Waals surface area contributed by atoms with Crippen molar-refractivity contribution in [3.8, 4) is 16.9 Å². The molecule has 0 bridgehead atoms. The smallest absolute Gasteiger partial charge is 0.344 e. The molecule has 1 aliphatic rings. The Bertz CT molecular complexity index is 1520. The molecule has 2 heterocycles. The van der Waals surface area contributed by atoms with Crippen molar-refractivity contribution in [1.29, 1.82) is 0 Å². The molecule has 0 radical (unpaired) electrons. The zero-order chi connectivity index (χ0) is 28.6. The van der Waals surface area contributed by atoms with E-state index in [0.29, 0.717) is 32.6 Å². The number of rotatable bonds is 7. The minimum atomic E-state index is -4.45. The summed E-state index contributed by atoms with van der Waals surface area (Å²) in [6.45, 7) is 3.45. The lowest BCUT2D eigenvalue weighted by atomic mass is 10.0. The van der Waals surface area contributed by atoms with Gasteiger partial charge in [-0.3, -0.25) is 4.79 Å². The molecule has 1 saturated heterocycles. The second-order valence-electron chi connectivity index (χ2n) is 9.33. The van der Waals surface area contributed by atoms with Gasteiger partial charge >= 0.3 is 6.18 Å². The molecule has 5 rings (SSSR count). The van der Waals surface area contributed by atoms with E-state index in [9.17, 15) is 18.0 Å². The van der Waals surface area contributed by atoms with Crippen molar-refractivity contribution < 1.29 is 27.4 Å². The first-order valence-corrected chi connectivity index (χ1v) is 13.2. The van der Waals surface area contributed by atoms with Gasteiger partial charge in [0.05, 0.1) is 28.0 Å². The highest BCUT2D eigenvalue weighted by atomic mass is 35.5. The maximum Gasteiger partial charge on any atom is 0.416 e. The zero-order valence-corrected chi connectivity index (χ0v) is 22.9. The van der Waals surface area contributed by atoms with Crippen molar-refractivity contribution in [2.24, 2.45) is 0 Å². The van der Waals surface area contributed by atoms with Crippen LogP contribution in [0, 0.1) is 0 Å². The summed E-state index contributed by atoms with van der Waals surface area (Å²) in [4.78, 5) is 13.7. The Balaban J connectivity index is 1.57. The lowest BCUT2D eigenvalue weighted by molar-refractivity contribution is -0.374. The van der Waals surface area contributed by atoms with Gasteiger partial charge in [-0.1, -0.05) is 59.6 Å². The van der Waals surface area contributed by atoms with Gasteiger partial charge < -0.3 is 14.8 Å². The first kappa shape index (κ1) is 28.2. The first-order chi connectivity index (χ1) is 19.0. The van der Waals surface area contributed by atoms with Crippen LogP contribution < -0.4 is 5.32 Å². The SMILES string of the molecule is CC1OC(Cc2c(C(=O)N[C@H](C)c3ccc(C(F)(F)F)cc3)nn(-c3ccccc3Cl)c2-c2ccc(Cl)cc2)O1. The Morgan fingerprint density at radius 2 is 1.68 bits per heavy atom. The third-order valence-corrected chi connectivity index (χ3v) is 7.11. The summed E-state index contributed by atoms with van der Waals surface area (Å²) in [5.74, 6) is -0.518. The van der Waals surface area contributed by atoms with Crippen LogP contribution in [0.2, 0.25) is 10.0 Å². The lowest BCUT2D eigenvalue weighted by Gasteiger charge is -2.33. The van der Waals surface area contributed by atoms with E-state index in [1.807, 2.05) is 12.1 Å². The fourth-order valence-electron chi connectivity index (χ4n) is 4.54. The third-order valence-electron chi connectivity index (χ3n) is 6.54. The van der Waals surface area contributed by atoms with Crippen LogP contribution >= 0.6 is 23.2 Å². The zero-order valence-electron chi connectivity index (χ0n) is 21.4. The fraction of sp³-hybridized carbons (Fsp3) is 0.241. The lowest BCUT2D eigenvalue weighted by Crippen LogP contribution is -2.40. The maximum atomic E-state index is 13.7. The molecule has 6 nitrogen and oxygen atoms in total. The largest absolute Gasteiger partial charge is 0.416 e. The Morgan fingerprint density at radius 3 is 2.27 bits per heavy atom. The number of nitrogens with one attached hydrogen (secondary N) is 1. The first-order valence-electron chi connectivity index (χ1n) is 12.4. The van der Waals surface area contributed by atoms with Crippen LogP contribution in [0.25, 0.3) is 16.9 Å². The number of alkyl halides is 3. The van der Waals surface area contributed by atoms with E-state index in [1.165, 1.54) is 12.1 Å². The molecular formula is C29H24Cl2F3N3O3. The molecule has 3 aromatic carbocycles. The van der Waals surface area contributed by atoms with E-state index in [2.05, 4.69) is 5.32 Å². The number of amides is 1. The summed E-state index contributed by atoms with van der Waals surface area (Å²) < 4.78 is 52.0. The molecule has 4 aromatic rings. The molecule has 208 valence electrons. The van der Waals surface area contributed by atoms with Gasteiger partial charge in [0.25, 0.3) is 5.91 Å². The topological polar surface area (TPSA) is 65.4 Å². The summed E-state index contributed by atoms with van der Waals surface area (Å²) in [6, 6.07) is 18.2. The number of para-hydroxylation sites is 1. The van der Waals surface area contributed by atoms with Crippen LogP contribution in [0.15, 0.2) is 72.8 Å². The van der Waals surface area contributed by atoms with E-state index in [-0.39, 0.29) is 18.4 Å². The number of carbonyl (C=O) groups excluding carboxylic acids is 1. The minimum absolute atomic E-state index is 0.107. The summed E-state index contributed by atoms with van der Waals surface area (Å²) in [6.07, 6.45) is -5.21. The number of halogens is 5. The minimum Gasteiger partial charge on any atom is -0.344 e. The van der Waals surface area contributed by atoms with Crippen LogP contribution in [0.4, 0.5) is 13.2 Å². The summed E-state index contributed by atoms with van der Waals surface area (Å²) in [5, 5.41) is 8.51. The van der Waals surface area contributed by atoms with E-state index < -0.39 is 30.0 Å². The predicted molar refractivity (Wildman–Crippen MR) is 145 cm³/mol. The van der Waals surface area contributed by atoms with Crippen molar-refractivity contribution in [2.75, 3.05) is 0 Å². The van der Waals surface area contributed by atoms with Gasteiger partial charge in [-0.05, 0) is 55.8 Å². The number of aromatic nitrogens is 2. The molecule has 1 atom stereocenters. The highest BCUT2D eigenvalue weighted by molar-refractivity contribution is 6.32. The van der Waals surface area contributed by atoms with Crippen molar-refractivity contribution in [3.05, 3.63) is 105 Å². The second-order valence-corrected chi connectivity index (χ2v) is 10.2. The van der Waals surface area contributed by atoms with Gasteiger partial charge in [-0.15, -0.1) is 0 Å². The molecule has 1 amide bonds. The quantitative estimate of drug-likeness (QED) is 0.241. The van der Waals surface area contributed by atoms with Crippen LogP contribution in [0.3, 0.4) is 0 Å². The Morgan fingerprint density at radius 1 is 1.02 bits per heavy atom. The molecule has 1 N–H and O–H groups in total. The van der Waals surface area contributed by atoms with Crippen molar-refractivity contribution >= 4 is 29.1 Å². The molecule has 0 aliphatic carbocycles. The number of benzene rings is 3. The molecule has 1 aromatic heterocycles. The molecule has 40 heavy (non-hydrogen) atoms. The average Bonchev–Trinajstić information content (AvgIpc) is 3.27. The fourth-order valence-corrected chi connectivity index (χ4v) is 4.88. The number of carbonyl (C=O) groups is 1. The molecule has 0 unspecified atom stereocenters. The average molecular weight is 590 g/mol. The van der Waals surface area contributed by atoms with Gasteiger partial charge in [0.15, 0.2) is 18.3 Å². The normalized spacial score (nSPS) is 17.8. The van der Waals surface area contributed by atoms with Gasteiger partial charge in [-0.2, -0.15) is 18.3 Å². The number of ether oxygens (including phenoxy) is 2. The van der Waals surface area contributed by atoms with Crippen molar-refractivity contribution in [2.45, 2.75) is 45.1 Å². The van der Waals surface area contributed by atoms with Crippen molar-refractivity contribution in [1.82, 2.24) is 15.1 Å². The third kappa shape index (κ3) is 5.88. The van der Waals surface area contributed by atoms with Gasteiger partial charge in [0.1, 0.15) is 0 Å². The highest BCUT2D eigenvalue weighted by Crippen LogP contribution is 2.35. The number of hydrogen-bond donors (Lipinski definition) is 1. The molecule has 1 aliphatic heterocycles. The van der Waals surface area contributed by atoms with Gasteiger partial charge in [-0.25, -0.2) is 4.68 Å². The monoisotopic (exact) mass is 589 g/mol. The Hall–Kier alpha value is -3.37. The van der Waals surface area contributed by atoms with Crippen molar-refractivity contribution in [3.63, 3.8) is 0 Å². The molecule has 0 saturated carbocycles. The molecule has 0 spiro atoms. The summed E-state index contributed by atoms with van der Waals surface area (Å²) in [7, 11) is 0. The van der Waals surface area contributed by atoms with E-state index in [0.717, 1.165) is 17.7 Å². The maximum absolute atomic E-state index is 13.7. The van der Waals surface area contributed by atoms with Crippen LogP contribution in [0.5, 0.6) is 0 Å². The van der Waals surface area contributed by atoms with E-state index >= 15 is 0 Å². The van der Waals surface area contributed by atoms with Gasteiger partial charge in [0.2, 0.25) is 0 Å². The molecule has 11 heteroatoms. The van der Waals surface area contributed by atoms with Crippen LogP contribution in [-0.4, -0.2) is 28.3 Å². The van der Waals surface area contributed by atoms with E-state index in [1.54, 1.807) is 54.9 Å². The second kappa shape index (κ2) is 11.2. The molecular weight excluding hydrogens is 566 g/mol. The molecule has 1 fully saturated rings. The van der Waals surface area contributed by atoms with Crippen LogP contribution in [0.1, 0.15) is 47.1 Å². The predicted octanol–water partition coefficient (Wildman–Crippen LogP) is 7.62. The summed E-state index contributed by atoms with van der Waals surface area (Å²) >= 11 is 12.7. The van der Waals surface area contributed by atoms with Gasteiger partial charge in [0, 0.05) is 22.6 Å². The summed E-state index contributed by atoms with van der Waals surface area (Å²) in [5.41, 5.74) is 2.28.